The van der Waals surface area contributed by atoms with Crippen LogP contribution in [0.1, 0.15) is 12.5 Å². The fourth-order valence-electron chi connectivity index (χ4n) is 1.28. The first-order valence-corrected chi connectivity index (χ1v) is 8.92. The predicted molar refractivity (Wildman–Crippen MR) is 68.2 cm³/mol. The highest BCUT2D eigenvalue weighted by molar-refractivity contribution is 6.76. The maximum Gasteiger partial charge on any atom is 0.0480 e. The molecule has 1 rings (SSSR count). The van der Waals surface area contributed by atoms with Crippen molar-refractivity contribution in [2.45, 2.75) is 32.6 Å². The Labute approximate surface area is 88.7 Å². The molecule has 0 aromatic heterocycles. The van der Waals surface area contributed by atoms with Crippen LogP contribution in [0.4, 0.5) is 0 Å². The zero-order chi connectivity index (χ0) is 10.6. The Morgan fingerprint density at radius 2 is 1.71 bits per heavy atom. The summed E-state index contributed by atoms with van der Waals surface area (Å²) >= 11 is 0. The molecule has 0 amide bonds. The maximum absolute atomic E-state index is 2.40. The van der Waals surface area contributed by atoms with Gasteiger partial charge in [0, 0.05) is 8.07 Å². The molecule has 0 bridgehead atoms. The summed E-state index contributed by atoms with van der Waals surface area (Å²) in [5.74, 6) is 0. The van der Waals surface area contributed by atoms with E-state index in [0.29, 0.717) is 0 Å². The molecule has 0 unspecified atom stereocenters. The molecule has 0 spiro atoms. The summed E-state index contributed by atoms with van der Waals surface area (Å²) in [6, 6.07) is 11.9. The predicted octanol–water partition coefficient (Wildman–Crippen LogP) is 4.43. The van der Waals surface area contributed by atoms with Gasteiger partial charge in [0.25, 0.3) is 0 Å². The Morgan fingerprint density at radius 3 is 2.21 bits per heavy atom. The Hall–Kier alpha value is -0.823. The van der Waals surface area contributed by atoms with Crippen molar-refractivity contribution in [3.63, 3.8) is 0 Å². The molecule has 0 N–H and O–H groups in total. The number of rotatable bonds is 3. The van der Waals surface area contributed by atoms with Crippen molar-refractivity contribution in [1.82, 2.24) is 0 Å². The summed E-state index contributed by atoms with van der Waals surface area (Å²) in [6.07, 6.45) is 2.39. The molecule has 1 aromatic rings. The summed E-state index contributed by atoms with van der Waals surface area (Å²) in [6.45, 7) is 9.42. The van der Waals surface area contributed by atoms with E-state index in [1.807, 2.05) is 0 Å². The summed E-state index contributed by atoms with van der Waals surface area (Å²) < 4.78 is 0. The van der Waals surface area contributed by atoms with Gasteiger partial charge in [-0.05, 0) is 24.1 Å². The van der Waals surface area contributed by atoms with E-state index in [1.54, 1.807) is 0 Å². The third-order valence-electron chi connectivity index (χ3n) is 2.25. The second-order valence-electron chi connectivity index (χ2n) is 5.02. The van der Waals surface area contributed by atoms with Gasteiger partial charge < -0.3 is 0 Å². The Kier molecular flexibility index (Phi) is 3.70. The normalized spacial score (nSPS) is 13.0. The van der Waals surface area contributed by atoms with Crippen LogP contribution in [0.3, 0.4) is 0 Å². The van der Waals surface area contributed by atoms with E-state index in [-0.39, 0.29) is 0 Å². The molecule has 0 fully saturated rings. The van der Waals surface area contributed by atoms with E-state index in [1.165, 1.54) is 17.2 Å². The molecule has 1 heteroatoms. The average Bonchev–Trinajstić information content (AvgIpc) is 2.14. The van der Waals surface area contributed by atoms with Crippen molar-refractivity contribution in [1.29, 1.82) is 0 Å². The molecule has 14 heavy (non-hydrogen) atoms. The van der Waals surface area contributed by atoms with Gasteiger partial charge in [0.05, 0.1) is 0 Å². The fraction of sp³-hybridized carbons (Fsp3) is 0.385. The highest BCUT2D eigenvalue weighted by Gasteiger charge is 2.10. The third kappa shape index (κ3) is 3.92. The van der Waals surface area contributed by atoms with Crippen molar-refractivity contribution in [3.8, 4) is 0 Å². The van der Waals surface area contributed by atoms with Crippen LogP contribution in [0.15, 0.2) is 36.4 Å². The Balaban J connectivity index is 2.71. The Bertz CT molecular complexity index is 304. The highest BCUT2D eigenvalue weighted by atomic mass is 28.3. The summed E-state index contributed by atoms with van der Waals surface area (Å²) in [7, 11) is -0.929. The molecule has 0 atom stereocenters. The molecule has 1 aromatic carbocycles. The van der Waals surface area contributed by atoms with E-state index in [2.05, 4.69) is 63.0 Å². The van der Waals surface area contributed by atoms with Gasteiger partial charge in [0.2, 0.25) is 0 Å². The number of hydrogen-bond acceptors (Lipinski definition) is 0. The van der Waals surface area contributed by atoms with Gasteiger partial charge in [0.15, 0.2) is 0 Å². The van der Waals surface area contributed by atoms with Gasteiger partial charge in [-0.15, -0.1) is 0 Å². The number of hydrogen-bond donors (Lipinski definition) is 0. The van der Waals surface area contributed by atoms with Gasteiger partial charge in [-0.1, -0.05) is 56.0 Å². The van der Waals surface area contributed by atoms with Crippen LogP contribution in [-0.2, 0) is 0 Å². The van der Waals surface area contributed by atoms with Crippen LogP contribution in [-0.4, -0.2) is 8.07 Å². The van der Waals surface area contributed by atoms with Crippen molar-refractivity contribution >= 4 is 13.6 Å². The van der Waals surface area contributed by atoms with Gasteiger partial charge in [-0.3, -0.25) is 0 Å². The zero-order valence-electron chi connectivity index (χ0n) is 9.67. The second kappa shape index (κ2) is 4.60. The highest BCUT2D eigenvalue weighted by Crippen LogP contribution is 2.17. The lowest BCUT2D eigenvalue weighted by Crippen LogP contribution is -2.17. The minimum atomic E-state index is -0.929. The molecule has 0 radical (unpaired) electrons. The quantitative estimate of drug-likeness (QED) is 0.639. The van der Waals surface area contributed by atoms with E-state index in [4.69, 9.17) is 0 Å². The molecule has 0 aliphatic carbocycles. The summed E-state index contributed by atoms with van der Waals surface area (Å²) in [5.41, 5.74) is 2.76. The zero-order valence-corrected chi connectivity index (χ0v) is 10.7. The fourth-order valence-corrected chi connectivity index (χ4v) is 2.20. The standard InChI is InChI=1S/C13H20Si/c1-12(10-11-14(2,3)4)13-8-6-5-7-9-13/h5-10H,11H2,1-4H3. The molecular weight excluding hydrogens is 184 g/mol. The summed E-state index contributed by atoms with van der Waals surface area (Å²) in [4.78, 5) is 0. The number of allylic oxidation sites excluding steroid dienone is 2. The lowest BCUT2D eigenvalue weighted by atomic mass is 10.1. The summed E-state index contributed by atoms with van der Waals surface area (Å²) in [5, 5.41) is 0. The van der Waals surface area contributed by atoms with Crippen LogP contribution in [0, 0.1) is 0 Å². The maximum atomic E-state index is 2.40. The minimum Gasteiger partial charge on any atom is -0.0837 e. The van der Waals surface area contributed by atoms with Gasteiger partial charge in [-0.2, -0.15) is 0 Å². The lowest BCUT2D eigenvalue weighted by Gasteiger charge is -2.13. The SMILES string of the molecule is CC(=CC[Si](C)(C)C)c1ccccc1. The van der Waals surface area contributed by atoms with E-state index in [9.17, 15) is 0 Å². The van der Waals surface area contributed by atoms with Crippen LogP contribution in [0.5, 0.6) is 0 Å². The molecule has 0 aliphatic heterocycles. The van der Waals surface area contributed by atoms with Crippen molar-refractivity contribution in [2.24, 2.45) is 0 Å². The Morgan fingerprint density at radius 1 is 1.14 bits per heavy atom. The topological polar surface area (TPSA) is 0 Å². The van der Waals surface area contributed by atoms with Crippen molar-refractivity contribution in [3.05, 3.63) is 42.0 Å². The lowest BCUT2D eigenvalue weighted by molar-refractivity contribution is 1.47. The molecule has 0 saturated carbocycles. The van der Waals surface area contributed by atoms with E-state index < -0.39 is 8.07 Å². The molecule has 0 aliphatic rings. The molecule has 0 nitrogen and oxygen atoms in total. The largest absolute Gasteiger partial charge is 0.0837 e. The first-order valence-electron chi connectivity index (χ1n) is 5.21. The first-order chi connectivity index (χ1) is 6.49. The smallest absolute Gasteiger partial charge is 0.0480 e. The number of benzene rings is 1. The molecule has 0 heterocycles. The molecule has 76 valence electrons. The first kappa shape index (κ1) is 11.3. The second-order valence-corrected chi connectivity index (χ2v) is 10.5. The van der Waals surface area contributed by atoms with E-state index in [0.717, 1.165) is 0 Å². The third-order valence-corrected chi connectivity index (χ3v) is 3.68. The molecule has 0 saturated heterocycles. The van der Waals surface area contributed by atoms with Gasteiger partial charge in [0.1, 0.15) is 0 Å². The van der Waals surface area contributed by atoms with Crippen LogP contribution >= 0.6 is 0 Å². The van der Waals surface area contributed by atoms with Crippen molar-refractivity contribution < 1.29 is 0 Å². The van der Waals surface area contributed by atoms with Gasteiger partial charge in [-0.25, -0.2) is 0 Å². The van der Waals surface area contributed by atoms with Crippen LogP contribution in [0.2, 0.25) is 25.7 Å². The van der Waals surface area contributed by atoms with E-state index >= 15 is 0 Å². The minimum absolute atomic E-state index is 0.929. The van der Waals surface area contributed by atoms with Crippen LogP contribution in [0.25, 0.3) is 5.57 Å². The molecular formula is C13H20Si. The average molecular weight is 204 g/mol. The van der Waals surface area contributed by atoms with Crippen LogP contribution < -0.4 is 0 Å². The monoisotopic (exact) mass is 204 g/mol. The van der Waals surface area contributed by atoms with Crippen molar-refractivity contribution in [2.75, 3.05) is 0 Å². The van der Waals surface area contributed by atoms with Gasteiger partial charge >= 0.3 is 0 Å².